The number of hydrogen-bond acceptors (Lipinski definition) is 8. The molecule has 11 heteroatoms. The summed E-state index contributed by atoms with van der Waals surface area (Å²) in [6, 6.07) is 8.27. The molecular formula is C23H24FN7O2S. The van der Waals surface area contributed by atoms with Gasteiger partial charge in [0.15, 0.2) is 15.5 Å². The third-order valence-corrected chi connectivity index (χ3v) is 7.69. The van der Waals surface area contributed by atoms with Crippen LogP contribution in [-0.2, 0) is 9.84 Å². The molecule has 5 rings (SSSR count). The average Bonchev–Trinajstić information content (AvgIpc) is 3.15. The molecule has 1 atom stereocenters. The van der Waals surface area contributed by atoms with Crippen LogP contribution in [0.15, 0.2) is 48.9 Å². The molecule has 4 heterocycles. The number of nitrogens with one attached hydrogen (secondary N) is 1. The Kier molecular flexibility index (Phi) is 5.64. The molecule has 1 N–H and O–H groups in total. The summed E-state index contributed by atoms with van der Waals surface area (Å²) in [7, 11) is -3.04. The lowest BCUT2D eigenvalue weighted by atomic mass is 9.93. The molecule has 176 valence electrons. The molecule has 4 aromatic rings. The summed E-state index contributed by atoms with van der Waals surface area (Å²) < 4.78 is 39.3. The van der Waals surface area contributed by atoms with Gasteiger partial charge in [-0.15, -0.1) is 0 Å². The van der Waals surface area contributed by atoms with Crippen LogP contribution in [0.2, 0.25) is 0 Å². The Hall–Kier alpha value is -3.60. The van der Waals surface area contributed by atoms with Crippen molar-refractivity contribution in [2.24, 2.45) is 0 Å². The molecule has 1 saturated heterocycles. The number of nitrogens with zero attached hydrogens (tertiary/aromatic N) is 6. The van der Waals surface area contributed by atoms with Gasteiger partial charge < -0.3 is 10.2 Å². The number of hydrogen-bond donors (Lipinski definition) is 1. The summed E-state index contributed by atoms with van der Waals surface area (Å²) in [5.74, 6) is 1.62. The number of fused-ring (bicyclic) bond motifs is 1. The molecule has 0 spiro atoms. The zero-order chi connectivity index (χ0) is 23.9. The Balaban J connectivity index is 1.64. The maximum Gasteiger partial charge on any atom is 0.163 e. The minimum Gasteiger partial charge on any atom is -0.354 e. The van der Waals surface area contributed by atoms with Gasteiger partial charge in [0.2, 0.25) is 0 Å². The molecule has 1 aromatic carbocycles. The van der Waals surface area contributed by atoms with Gasteiger partial charge in [-0.2, -0.15) is 9.61 Å². The van der Waals surface area contributed by atoms with Crippen LogP contribution in [0.25, 0.3) is 5.65 Å². The molecule has 0 bridgehead atoms. The van der Waals surface area contributed by atoms with Crippen LogP contribution in [0.4, 0.5) is 21.8 Å². The van der Waals surface area contributed by atoms with Gasteiger partial charge >= 0.3 is 0 Å². The lowest BCUT2D eigenvalue weighted by molar-refractivity contribution is 0.585. The van der Waals surface area contributed by atoms with Crippen molar-refractivity contribution in [2.75, 3.05) is 34.8 Å². The zero-order valence-electron chi connectivity index (χ0n) is 18.8. The number of rotatable bonds is 5. The lowest BCUT2D eigenvalue weighted by Gasteiger charge is -2.29. The molecule has 9 nitrogen and oxygen atoms in total. The van der Waals surface area contributed by atoms with E-state index in [1.165, 1.54) is 12.1 Å². The summed E-state index contributed by atoms with van der Waals surface area (Å²) in [5.41, 5.74) is 3.30. The van der Waals surface area contributed by atoms with Gasteiger partial charge in [-0.1, -0.05) is 19.1 Å². The number of benzene rings is 1. The minimum absolute atomic E-state index is 0.0861. The van der Waals surface area contributed by atoms with Gasteiger partial charge in [-0.25, -0.2) is 22.8 Å². The van der Waals surface area contributed by atoms with E-state index in [1.54, 1.807) is 35.2 Å². The van der Waals surface area contributed by atoms with Crippen LogP contribution in [0.5, 0.6) is 0 Å². The number of sulfone groups is 1. The number of halogens is 1. The van der Waals surface area contributed by atoms with Gasteiger partial charge in [0.25, 0.3) is 0 Å². The first-order valence-electron chi connectivity index (χ1n) is 10.9. The third kappa shape index (κ3) is 4.30. The van der Waals surface area contributed by atoms with E-state index in [-0.39, 0.29) is 23.2 Å². The topological polar surface area (TPSA) is 105 Å². The SMILES string of the molecule is Cc1nn2c(N3CCS(=O)(=O)CC3)cc(Nc3cnccn3)nc2c1[C@H](C)c1ccc(F)cc1. The van der Waals surface area contributed by atoms with Crippen molar-refractivity contribution < 1.29 is 12.8 Å². The predicted octanol–water partition coefficient (Wildman–Crippen LogP) is 3.10. The van der Waals surface area contributed by atoms with E-state index in [1.807, 2.05) is 24.8 Å². The highest BCUT2D eigenvalue weighted by Gasteiger charge is 2.27. The van der Waals surface area contributed by atoms with Gasteiger partial charge in [0.1, 0.15) is 23.3 Å². The lowest BCUT2D eigenvalue weighted by Crippen LogP contribution is -2.41. The Labute approximate surface area is 196 Å². The van der Waals surface area contributed by atoms with Crippen LogP contribution in [0.3, 0.4) is 0 Å². The van der Waals surface area contributed by atoms with E-state index in [2.05, 4.69) is 15.3 Å². The van der Waals surface area contributed by atoms with Crippen molar-refractivity contribution in [3.8, 4) is 0 Å². The van der Waals surface area contributed by atoms with Crippen LogP contribution in [0.1, 0.15) is 29.7 Å². The largest absolute Gasteiger partial charge is 0.354 e. The second-order valence-corrected chi connectivity index (χ2v) is 10.7. The van der Waals surface area contributed by atoms with E-state index >= 15 is 0 Å². The first-order chi connectivity index (χ1) is 16.3. The highest BCUT2D eigenvalue weighted by Crippen LogP contribution is 2.33. The fraction of sp³-hybridized carbons (Fsp3) is 0.304. The van der Waals surface area contributed by atoms with Crippen molar-refractivity contribution in [1.29, 1.82) is 0 Å². The molecule has 0 aliphatic carbocycles. The Bertz CT molecular complexity index is 1430. The van der Waals surface area contributed by atoms with Gasteiger partial charge in [-0.3, -0.25) is 4.98 Å². The Morgan fingerprint density at radius 3 is 2.50 bits per heavy atom. The molecule has 0 radical (unpaired) electrons. The van der Waals surface area contributed by atoms with Crippen molar-refractivity contribution in [3.63, 3.8) is 0 Å². The number of aromatic nitrogens is 5. The smallest absolute Gasteiger partial charge is 0.163 e. The summed E-state index contributed by atoms with van der Waals surface area (Å²) in [6.45, 7) is 4.70. The first kappa shape index (κ1) is 22.2. The van der Waals surface area contributed by atoms with Crippen molar-refractivity contribution in [1.82, 2.24) is 24.6 Å². The average molecular weight is 482 g/mol. The van der Waals surface area contributed by atoms with Crippen LogP contribution >= 0.6 is 0 Å². The Morgan fingerprint density at radius 1 is 1.09 bits per heavy atom. The highest BCUT2D eigenvalue weighted by molar-refractivity contribution is 7.91. The summed E-state index contributed by atoms with van der Waals surface area (Å²) >= 11 is 0. The quantitative estimate of drug-likeness (QED) is 0.464. The monoisotopic (exact) mass is 481 g/mol. The number of anilines is 3. The maximum atomic E-state index is 13.5. The molecule has 1 aliphatic heterocycles. The second kappa shape index (κ2) is 8.64. The van der Waals surface area contributed by atoms with E-state index in [0.717, 1.165) is 22.6 Å². The van der Waals surface area contributed by atoms with E-state index in [0.29, 0.717) is 30.4 Å². The van der Waals surface area contributed by atoms with E-state index in [4.69, 9.17) is 10.1 Å². The van der Waals surface area contributed by atoms with Gasteiger partial charge in [-0.05, 0) is 24.6 Å². The molecule has 1 fully saturated rings. The second-order valence-electron chi connectivity index (χ2n) is 8.36. The van der Waals surface area contributed by atoms with Crippen LogP contribution in [-0.4, -0.2) is 57.6 Å². The fourth-order valence-corrected chi connectivity index (χ4v) is 5.48. The highest BCUT2D eigenvalue weighted by atomic mass is 32.2. The molecule has 1 aliphatic rings. The predicted molar refractivity (Wildman–Crippen MR) is 128 cm³/mol. The summed E-state index contributed by atoms with van der Waals surface area (Å²) in [6.07, 6.45) is 4.77. The van der Waals surface area contributed by atoms with Crippen molar-refractivity contribution in [3.05, 3.63) is 71.6 Å². The minimum atomic E-state index is -3.04. The molecular weight excluding hydrogens is 457 g/mol. The van der Waals surface area contributed by atoms with Crippen LogP contribution < -0.4 is 10.2 Å². The van der Waals surface area contributed by atoms with Crippen molar-refractivity contribution >= 4 is 32.9 Å². The summed E-state index contributed by atoms with van der Waals surface area (Å²) in [4.78, 5) is 15.2. The van der Waals surface area contributed by atoms with Crippen molar-refractivity contribution in [2.45, 2.75) is 19.8 Å². The third-order valence-electron chi connectivity index (χ3n) is 6.08. The normalized spacial score (nSPS) is 16.5. The first-order valence-corrected chi connectivity index (χ1v) is 12.8. The molecule has 0 saturated carbocycles. The summed E-state index contributed by atoms with van der Waals surface area (Å²) in [5, 5.41) is 7.96. The standard InChI is InChI=1S/C23H24FN7O2S/c1-15(17-3-5-18(24)6-4-17)22-16(2)29-31-21(30-9-11-34(32,33)12-10-30)13-19(28-23(22)31)27-20-14-25-7-8-26-20/h3-8,13-15H,9-12H2,1-2H3,(H,26,27,28)/t15-/m1/s1. The fourth-order valence-electron chi connectivity index (χ4n) is 4.27. The zero-order valence-corrected chi connectivity index (χ0v) is 19.6. The molecule has 3 aromatic heterocycles. The molecule has 0 amide bonds. The maximum absolute atomic E-state index is 13.5. The molecule has 0 unspecified atom stereocenters. The van der Waals surface area contributed by atoms with Gasteiger partial charge in [0.05, 0.1) is 23.4 Å². The van der Waals surface area contributed by atoms with Gasteiger partial charge in [0, 0.05) is 43.0 Å². The number of aryl methyl sites for hydroxylation is 1. The van der Waals surface area contributed by atoms with Crippen LogP contribution in [0, 0.1) is 12.7 Å². The van der Waals surface area contributed by atoms with E-state index in [9.17, 15) is 12.8 Å². The van der Waals surface area contributed by atoms with E-state index < -0.39 is 9.84 Å². The Morgan fingerprint density at radius 2 is 1.82 bits per heavy atom. The molecule has 34 heavy (non-hydrogen) atoms.